The zero-order valence-electron chi connectivity index (χ0n) is 14.1. The molecule has 1 aliphatic rings. The van der Waals surface area contributed by atoms with Gasteiger partial charge in [-0.2, -0.15) is 5.10 Å². The van der Waals surface area contributed by atoms with Gasteiger partial charge >= 0.3 is 0 Å². The topological polar surface area (TPSA) is 90.0 Å². The van der Waals surface area contributed by atoms with Gasteiger partial charge in [0.1, 0.15) is 5.69 Å². The summed E-state index contributed by atoms with van der Waals surface area (Å²) in [5, 5.41) is 7.13. The summed E-state index contributed by atoms with van der Waals surface area (Å²) in [5.41, 5.74) is 7.89. The number of nitrogens with two attached hydrogens (primary N) is 1. The summed E-state index contributed by atoms with van der Waals surface area (Å²) >= 11 is 0. The van der Waals surface area contributed by atoms with Crippen molar-refractivity contribution >= 4 is 11.8 Å². The first-order valence-corrected chi connectivity index (χ1v) is 8.56. The monoisotopic (exact) mass is 338 g/mol. The van der Waals surface area contributed by atoms with Gasteiger partial charge in [0, 0.05) is 12.6 Å². The van der Waals surface area contributed by atoms with Gasteiger partial charge in [-0.05, 0) is 44.2 Å². The number of nitrogens with zero attached hydrogens (tertiary/aromatic N) is 2. The van der Waals surface area contributed by atoms with Crippen molar-refractivity contribution in [3.63, 3.8) is 0 Å². The van der Waals surface area contributed by atoms with Gasteiger partial charge in [0.05, 0.1) is 5.69 Å². The van der Waals surface area contributed by atoms with Crippen molar-refractivity contribution in [3.05, 3.63) is 59.4 Å². The minimum absolute atomic E-state index is 0.186. The Morgan fingerprint density at radius 1 is 1.20 bits per heavy atom. The molecule has 25 heavy (non-hydrogen) atoms. The lowest BCUT2D eigenvalue weighted by Gasteiger charge is -2.12. The molecule has 6 nitrogen and oxygen atoms in total. The van der Waals surface area contributed by atoms with Crippen LogP contribution in [0.15, 0.2) is 48.0 Å². The molecule has 0 fully saturated rings. The van der Waals surface area contributed by atoms with E-state index in [0.717, 1.165) is 19.3 Å². The van der Waals surface area contributed by atoms with E-state index < -0.39 is 5.91 Å². The van der Waals surface area contributed by atoms with E-state index in [2.05, 4.69) is 16.5 Å². The summed E-state index contributed by atoms with van der Waals surface area (Å²) in [6, 6.07) is 10.6. The lowest BCUT2D eigenvalue weighted by atomic mass is 9.97. The Morgan fingerprint density at radius 2 is 2.00 bits per heavy atom. The van der Waals surface area contributed by atoms with Crippen LogP contribution in [0.5, 0.6) is 0 Å². The quantitative estimate of drug-likeness (QED) is 0.793. The Morgan fingerprint density at radius 3 is 2.68 bits per heavy atom. The Bertz CT molecular complexity index is 793. The van der Waals surface area contributed by atoms with Crippen LogP contribution >= 0.6 is 0 Å². The fourth-order valence-corrected chi connectivity index (χ4v) is 2.99. The zero-order valence-corrected chi connectivity index (χ0v) is 14.1. The number of carbonyl (C=O) groups excluding carboxylic acids is 2. The molecule has 0 aliphatic heterocycles. The van der Waals surface area contributed by atoms with E-state index in [-0.39, 0.29) is 17.3 Å². The van der Waals surface area contributed by atoms with E-state index in [0.29, 0.717) is 12.2 Å². The summed E-state index contributed by atoms with van der Waals surface area (Å²) < 4.78 is 1.40. The molecule has 2 amide bonds. The van der Waals surface area contributed by atoms with Crippen molar-refractivity contribution in [2.24, 2.45) is 5.73 Å². The molecule has 6 heteroatoms. The second kappa shape index (κ2) is 7.79. The van der Waals surface area contributed by atoms with Crippen LogP contribution in [0.1, 0.15) is 53.1 Å². The summed E-state index contributed by atoms with van der Waals surface area (Å²) in [4.78, 5) is 24.0. The zero-order chi connectivity index (χ0) is 17.6. The predicted octanol–water partition coefficient (Wildman–Crippen LogP) is 2.59. The molecule has 0 bridgehead atoms. The fraction of sp³-hybridized carbons (Fsp3) is 0.316. The highest BCUT2D eigenvalue weighted by Crippen LogP contribution is 2.19. The Hall–Kier alpha value is -2.89. The number of hydrogen-bond acceptors (Lipinski definition) is 3. The number of para-hydroxylation sites is 1. The highest BCUT2D eigenvalue weighted by molar-refractivity contribution is 5.97. The molecule has 2 aromatic rings. The number of rotatable bonds is 6. The van der Waals surface area contributed by atoms with Crippen molar-refractivity contribution < 1.29 is 9.59 Å². The van der Waals surface area contributed by atoms with Crippen LogP contribution < -0.4 is 11.1 Å². The van der Waals surface area contributed by atoms with Crippen molar-refractivity contribution in [2.75, 3.05) is 6.54 Å². The molecule has 1 aromatic heterocycles. The molecule has 3 N–H and O–H groups in total. The Kier molecular flexibility index (Phi) is 5.28. The van der Waals surface area contributed by atoms with E-state index in [1.807, 2.05) is 18.2 Å². The maximum Gasteiger partial charge on any atom is 0.271 e. The molecule has 0 radical (unpaired) electrons. The van der Waals surface area contributed by atoms with Crippen molar-refractivity contribution in [2.45, 2.75) is 32.1 Å². The normalized spacial score (nSPS) is 14.0. The molecule has 0 saturated carbocycles. The minimum Gasteiger partial charge on any atom is -0.364 e. The predicted molar refractivity (Wildman–Crippen MR) is 95.6 cm³/mol. The highest BCUT2D eigenvalue weighted by Gasteiger charge is 2.18. The number of hydrogen-bond donors (Lipinski definition) is 2. The number of aromatic nitrogens is 2. The lowest BCUT2D eigenvalue weighted by molar-refractivity contribution is 0.0947. The van der Waals surface area contributed by atoms with Crippen LogP contribution in [0, 0.1) is 0 Å². The van der Waals surface area contributed by atoms with Crippen LogP contribution in [0.2, 0.25) is 0 Å². The number of benzene rings is 1. The molecular formula is C19H22N4O2. The molecule has 1 aliphatic carbocycles. The second-order valence-corrected chi connectivity index (χ2v) is 6.14. The van der Waals surface area contributed by atoms with Crippen LogP contribution in [0.4, 0.5) is 0 Å². The van der Waals surface area contributed by atoms with E-state index >= 15 is 0 Å². The van der Waals surface area contributed by atoms with Gasteiger partial charge in [-0.1, -0.05) is 29.8 Å². The number of amides is 2. The third-order valence-corrected chi connectivity index (χ3v) is 4.31. The largest absolute Gasteiger partial charge is 0.364 e. The highest BCUT2D eigenvalue weighted by atomic mass is 16.2. The Balaban J connectivity index is 1.70. The van der Waals surface area contributed by atoms with Crippen molar-refractivity contribution in [1.29, 1.82) is 0 Å². The average Bonchev–Trinajstić information content (AvgIpc) is 3.09. The molecular weight excluding hydrogens is 316 g/mol. The standard InChI is InChI=1S/C19H22N4O2/c20-18(24)17-13-16(22-23(17)15-9-5-2-6-10-15)19(25)21-12-11-14-7-3-1-4-8-14/h2,5-7,9-10,13H,1,3-4,8,11-12H2,(H2,20,24)(H,21,25). The van der Waals surface area contributed by atoms with E-state index in [9.17, 15) is 9.59 Å². The molecule has 1 heterocycles. The third-order valence-electron chi connectivity index (χ3n) is 4.31. The van der Waals surface area contributed by atoms with Crippen LogP contribution in [-0.2, 0) is 0 Å². The third kappa shape index (κ3) is 4.15. The lowest BCUT2D eigenvalue weighted by Crippen LogP contribution is -2.25. The first-order valence-electron chi connectivity index (χ1n) is 8.56. The first-order chi connectivity index (χ1) is 12.1. The molecule has 3 rings (SSSR count). The summed E-state index contributed by atoms with van der Waals surface area (Å²) in [6.07, 6.45) is 7.85. The van der Waals surface area contributed by atoms with Gasteiger partial charge < -0.3 is 11.1 Å². The average molecular weight is 338 g/mol. The molecule has 0 unspecified atom stereocenters. The van der Waals surface area contributed by atoms with Gasteiger partial charge in [-0.25, -0.2) is 4.68 Å². The molecule has 130 valence electrons. The smallest absolute Gasteiger partial charge is 0.271 e. The molecule has 0 atom stereocenters. The van der Waals surface area contributed by atoms with E-state index in [4.69, 9.17) is 5.73 Å². The van der Waals surface area contributed by atoms with Crippen molar-refractivity contribution in [3.8, 4) is 5.69 Å². The van der Waals surface area contributed by atoms with E-state index in [1.54, 1.807) is 12.1 Å². The van der Waals surface area contributed by atoms with Gasteiger partial charge in [-0.3, -0.25) is 9.59 Å². The number of carbonyl (C=O) groups is 2. The summed E-state index contributed by atoms with van der Waals surface area (Å²) in [6.45, 7) is 0.564. The van der Waals surface area contributed by atoms with E-state index in [1.165, 1.54) is 29.2 Å². The second-order valence-electron chi connectivity index (χ2n) is 6.14. The number of allylic oxidation sites excluding steroid dienone is 1. The van der Waals surface area contributed by atoms with Gasteiger partial charge in [0.2, 0.25) is 0 Å². The van der Waals surface area contributed by atoms with Gasteiger partial charge in [0.25, 0.3) is 11.8 Å². The summed E-state index contributed by atoms with van der Waals surface area (Å²) in [7, 11) is 0. The first kappa shape index (κ1) is 17.0. The maximum absolute atomic E-state index is 12.3. The van der Waals surface area contributed by atoms with Crippen LogP contribution in [0.25, 0.3) is 5.69 Å². The number of nitrogens with one attached hydrogen (secondary N) is 1. The molecule has 0 saturated heterocycles. The Labute approximate surface area is 146 Å². The van der Waals surface area contributed by atoms with Crippen molar-refractivity contribution in [1.82, 2.24) is 15.1 Å². The summed E-state index contributed by atoms with van der Waals surface area (Å²) in [5.74, 6) is -0.920. The van der Waals surface area contributed by atoms with Crippen LogP contribution in [0.3, 0.4) is 0 Å². The van der Waals surface area contributed by atoms with Crippen LogP contribution in [-0.4, -0.2) is 28.1 Å². The SMILES string of the molecule is NC(=O)c1cc(C(=O)NCCC2=CCCCC2)nn1-c1ccccc1. The minimum atomic E-state index is -0.622. The molecule has 1 aromatic carbocycles. The van der Waals surface area contributed by atoms with Gasteiger partial charge in [0.15, 0.2) is 5.69 Å². The van der Waals surface area contributed by atoms with Gasteiger partial charge in [-0.15, -0.1) is 0 Å². The number of primary amides is 1. The maximum atomic E-state index is 12.3. The fourth-order valence-electron chi connectivity index (χ4n) is 2.99. The molecule has 0 spiro atoms.